The maximum Gasteiger partial charge on any atom is 0.00822 e. The third-order valence-electron chi connectivity index (χ3n) is 2.89. The Labute approximate surface area is 88.2 Å². The molecule has 0 saturated carbocycles. The summed E-state index contributed by atoms with van der Waals surface area (Å²) in [6.45, 7) is 9.47. The minimum absolute atomic E-state index is 0.559. The summed E-state index contributed by atoms with van der Waals surface area (Å²) in [7, 11) is 0. The Balaban J connectivity index is 2.13. The molecule has 2 heteroatoms. The van der Waals surface area contributed by atoms with Gasteiger partial charge in [-0.25, -0.2) is 0 Å². The van der Waals surface area contributed by atoms with E-state index < -0.39 is 0 Å². The molecule has 1 rings (SSSR count). The van der Waals surface area contributed by atoms with Crippen molar-refractivity contribution in [2.45, 2.75) is 57.7 Å². The van der Waals surface area contributed by atoms with Gasteiger partial charge in [0.05, 0.1) is 0 Å². The molecule has 1 aliphatic rings. The summed E-state index contributed by atoms with van der Waals surface area (Å²) in [6.07, 6.45) is 6.99. The van der Waals surface area contributed by atoms with E-state index in [2.05, 4.69) is 31.1 Å². The Morgan fingerprint density at radius 1 is 1.50 bits per heavy atom. The average Bonchev–Trinajstić information content (AvgIpc) is 2.56. The Bertz CT molecular complexity index is 162. The van der Waals surface area contributed by atoms with E-state index in [1.807, 2.05) is 6.08 Å². The molecular formula is C12H24N2. The molecule has 3 atom stereocenters. The molecule has 2 nitrogen and oxygen atoms in total. The summed E-state index contributed by atoms with van der Waals surface area (Å²) in [5, 5.41) is 7.13. The zero-order chi connectivity index (χ0) is 10.4. The van der Waals surface area contributed by atoms with E-state index in [1.165, 1.54) is 25.8 Å². The van der Waals surface area contributed by atoms with Crippen molar-refractivity contribution in [1.29, 1.82) is 0 Å². The van der Waals surface area contributed by atoms with Crippen molar-refractivity contribution in [3.8, 4) is 0 Å². The second kappa shape index (κ2) is 6.20. The average molecular weight is 196 g/mol. The predicted octanol–water partition coefficient (Wildman–Crippen LogP) is 2.07. The van der Waals surface area contributed by atoms with Crippen molar-refractivity contribution in [2.75, 3.05) is 6.54 Å². The monoisotopic (exact) mass is 196 g/mol. The minimum Gasteiger partial charge on any atom is -0.314 e. The molecule has 82 valence electrons. The van der Waals surface area contributed by atoms with Crippen LogP contribution in [0.1, 0.15) is 39.5 Å². The van der Waals surface area contributed by atoms with E-state index in [0.717, 1.165) is 12.5 Å². The maximum atomic E-state index is 3.76. The summed E-state index contributed by atoms with van der Waals surface area (Å²) >= 11 is 0. The van der Waals surface area contributed by atoms with E-state index >= 15 is 0 Å². The van der Waals surface area contributed by atoms with Crippen molar-refractivity contribution in [3.05, 3.63) is 12.7 Å². The van der Waals surface area contributed by atoms with Crippen LogP contribution in [0.15, 0.2) is 12.7 Å². The van der Waals surface area contributed by atoms with Crippen LogP contribution in [0.4, 0.5) is 0 Å². The lowest BCUT2D eigenvalue weighted by molar-refractivity contribution is 0.403. The summed E-state index contributed by atoms with van der Waals surface area (Å²) in [5.74, 6) is 0. The molecular weight excluding hydrogens is 172 g/mol. The first-order chi connectivity index (χ1) is 6.72. The van der Waals surface area contributed by atoms with Gasteiger partial charge in [0.25, 0.3) is 0 Å². The van der Waals surface area contributed by atoms with Gasteiger partial charge in [-0.3, -0.25) is 0 Å². The first-order valence-electron chi connectivity index (χ1n) is 5.82. The summed E-state index contributed by atoms with van der Waals surface area (Å²) < 4.78 is 0. The Kier molecular flexibility index (Phi) is 5.20. The van der Waals surface area contributed by atoms with Gasteiger partial charge in [-0.05, 0) is 46.1 Å². The van der Waals surface area contributed by atoms with Crippen LogP contribution < -0.4 is 10.6 Å². The van der Waals surface area contributed by atoms with Crippen LogP contribution in [0.25, 0.3) is 0 Å². The molecule has 0 aromatic rings. The maximum absolute atomic E-state index is 3.76. The molecule has 0 aliphatic carbocycles. The van der Waals surface area contributed by atoms with Crippen LogP contribution in [-0.2, 0) is 0 Å². The highest BCUT2D eigenvalue weighted by atomic mass is 15.0. The predicted molar refractivity (Wildman–Crippen MR) is 62.5 cm³/mol. The smallest absolute Gasteiger partial charge is 0.00822 e. The number of nitrogens with one attached hydrogen (secondary N) is 2. The largest absolute Gasteiger partial charge is 0.314 e. The van der Waals surface area contributed by atoms with Crippen molar-refractivity contribution < 1.29 is 0 Å². The minimum atomic E-state index is 0.559. The fourth-order valence-corrected chi connectivity index (χ4v) is 2.26. The quantitative estimate of drug-likeness (QED) is 0.636. The molecule has 0 amide bonds. The van der Waals surface area contributed by atoms with Crippen LogP contribution in [-0.4, -0.2) is 24.7 Å². The molecule has 1 saturated heterocycles. The highest BCUT2D eigenvalue weighted by Gasteiger charge is 2.17. The van der Waals surface area contributed by atoms with Crippen LogP contribution in [0.5, 0.6) is 0 Å². The summed E-state index contributed by atoms with van der Waals surface area (Å²) in [5.41, 5.74) is 0. The lowest BCUT2D eigenvalue weighted by Crippen LogP contribution is -2.38. The zero-order valence-electron chi connectivity index (χ0n) is 9.55. The molecule has 0 aromatic heterocycles. The topological polar surface area (TPSA) is 24.1 Å². The van der Waals surface area contributed by atoms with E-state index in [-0.39, 0.29) is 0 Å². The molecule has 0 radical (unpaired) electrons. The van der Waals surface area contributed by atoms with E-state index in [4.69, 9.17) is 0 Å². The van der Waals surface area contributed by atoms with Crippen LogP contribution >= 0.6 is 0 Å². The highest BCUT2D eigenvalue weighted by Crippen LogP contribution is 2.11. The normalized spacial score (nSPS) is 26.0. The van der Waals surface area contributed by atoms with Gasteiger partial charge >= 0.3 is 0 Å². The first kappa shape index (κ1) is 11.7. The lowest BCUT2D eigenvalue weighted by atomic mass is 10.1. The second-order valence-electron chi connectivity index (χ2n) is 4.52. The molecule has 1 heterocycles. The molecule has 0 bridgehead atoms. The SMILES string of the molecule is C=CCC(C)NC(C)CC1CCCN1. The molecule has 1 aliphatic heterocycles. The van der Waals surface area contributed by atoms with Crippen molar-refractivity contribution in [3.63, 3.8) is 0 Å². The van der Waals surface area contributed by atoms with Gasteiger partial charge in [-0.1, -0.05) is 6.08 Å². The fourth-order valence-electron chi connectivity index (χ4n) is 2.26. The highest BCUT2D eigenvalue weighted by molar-refractivity contribution is 4.81. The van der Waals surface area contributed by atoms with E-state index in [9.17, 15) is 0 Å². The van der Waals surface area contributed by atoms with Gasteiger partial charge in [0.2, 0.25) is 0 Å². The molecule has 1 fully saturated rings. The van der Waals surface area contributed by atoms with Crippen LogP contribution in [0.2, 0.25) is 0 Å². The van der Waals surface area contributed by atoms with E-state index in [1.54, 1.807) is 0 Å². The van der Waals surface area contributed by atoms with Gasteiger partial charge in [0, 0.05) is 18.1 Å². The standard InChI is InChI=1S/C12H24N2/c1-4-6-10(2)14-11(3)9-12-7-5-8-13-12/h4,10-14H,1,5-9H2,2-3H3. The number of rotatable bonds is 6. The molecule has 3 unspecified atom stereocenters. The van der Waals surface area contributed by atoms with Gasteiger partial charge in [-0.15, -0.1) is 6.58 Å². The summed E-state index contributed by atoms with van der Waals surface area (Å²) in [6, 6.07) is 1.91. The lowest BCUT2D eigenvalue weighted by Gasteiger charge is -2.21. The molecule has 2 N–H and O–H groups in total. The first-order valence-corrected chi connectivity index (χ1v) is 5.82. The van der Waals surface area contributed by atoms with Crippen LogP contribution in [0, 0.1) is 0 Å². The molecule has 0 aromatic carbocycles. The van der Waals surface area contributed by atoms with Crippen molar-refractivity contribution in [1.82, 2.24) is 10.6 Å². The van der Waals surface area contributed by atoms with Crippen molar-refractivity contribution >= 4 is 0 Å². The van der Waals surface area contributed by atoms with Gasteiger partial charge in [-0.2, -0.15) is 0 Å². The second-order valence-corrected chi connectivity index (χ2v) is 4.52. The third kappa shape index (κ3) is 4.25. The number of hydrogen-bond acceptors (Lipinski definition) is 2. The Morgan fingerprint density at radius 3 is 2.86 bits per heavy atom. The van der Waals surface area contributed by atoms with Gasteiger partial charge in [0.1, 0.15) is 0 Å². The van der Waals surface area contributed by atoms with Crippen LogP contribution in [0.3, 0.4) is 0 Å². The van der Waals surface area contributed by atoms with Gasteiger partial charge in [0.15, 0.2) is 0 Å². The molecule has 0 spiro atoms. The Hall–Kier alpha value is -0.340. The number of hydrogen-bond donors (Lipinski definition) is 2. The third-order valence-corrected chi connectivity index (χ3v) is 2.89. The summed E-state index contributed by atoms with van der Waals surface area (Å²) in [4.78, 5) is 0. The Morgan fingerprint density at radius 2 is 2.29 bits per heavy atom. The zero-order valence-corrected chi connectivity index (χ0v) is 9.55. The molecule has 14 heavy (non-hydrogen) atoms. The van der Waals surface area contributed by atoms with E-state index in [0.29, 0.717) is 12.1 Å². The van der Waals surface area contributed by atoms with Crippen molar-refractivity contribution in [2.24, 2.45) is 0 Å². The van der Waals surface area contributed by atoms with Gasteiger partial charge < -0.3 is 10.6 Å². The fraction of sp³-hybridized carbons (Fsp3) is 0.833.